The Bertz CT molecular complexity index is 397. The van der Waals surface area contributed by atoms with Crippen LogP contribution in [0.4, 0.5) is 4.79 Å². The Kier molecular flexibility index (Phi) is 5.18. The molecule has 2 N–H and O–H groups in total. The van der Waals surface area contributed by atoms with E-state index >= 15 is 0 Å². The predicted molar refractivity (Wildman–Crippen MR) is 71.8 cm³/mol. The zero-order chi connectivity index (χ0) is 13.5. The average molecular weight is 264 g/mol. The van der Waals surface area contributed by atoms with E-state index in [0.717, 1.165) is 18.7 Å². The van der Waals surface area contributed by atoms with Crippen LogP contribution in [-0.4, -0.2) is 38.0 Å². The molecule has 1 fully saturated rings. The molecule has 2 atom stereocenters. The van der Waals surface area contributed by atoms with E-state index in [9.17, 15) is 4.79 Å². The van der Waals surface area contributed by atoms with E-state index in [2.05, 4.69) is 10.6 Å². The lowest BCUT2D eigenvalue weighted by Crippen LogP contribution is -2.46. The number of rotatable bonds is 4. The van der Waals surface area contributed by atoms with Gasteiger partial charge in [0.15, 0.2) is 0 Å². The van der Waals surface area contributed by atoms with E-state index in [1.807, 2.05) is 37.3 Å². The smallest absolute Gasteiger partial charge is 0.407 e. The van der Waals surface area contributed by atoms with Crippen LogP contribution in [0.1, 0.15) is 12.5 Å². The maximum absolute atomic E-state index is 11.5. The summed E-state index contributed by atoms with van der Waals surface area (Å²) < 4.78 is 10.8. The van der Waals surface area contributed by atoms with Crippen molar-refractivity contribution >= 4 is 6.09 Å². The van der Waals surface area contributed by atoms with Gasteiger partial charge >= 0.3 is 6.09 Å². The van der Waals surface area contributed by atoms with E-state index in [1.165, 1.54) is 0 Å². The van der Waals surface area contributed by atoms with Crippen molar-refractivity contribution in [2.24, 2.45) is 0 Å². The van der Waals surface area contributed by atoms with E-state index < -0.39 is 6.09 Å². The number of nitrogens with one attached hydrogen (secondary N) is 2. The van der Waals surface area contributed by atoms with E-state index in [-0.39, 0.29) is 18.8 Å². The van der Waals surface area contributed by atoms with Crippen LogP contribution >= 0.6 is 0 Å². The fourth-order valence-electron chi connectivity index (χ4n) is 1.96. The Balaban J connectivity index is 1.64. The van der Waals surface area contributed by atoms with Crippen LogP contribution in [0, 0.1) is 0 Å². The van der Waals surface area contributed by atoms with Gasteiger partial charge in [-0.2, -0.15) is 0 Å². The minimum absolute atomic E-state index is 0.0637. The summed E-state index contributed by atoms with van der Waals surface area (Å²) in [6, 6.07) is 9.72. The van der Waals surface area contributed by atoms with Crippen LogP contribution in [0.25, 0.3) is 0 Å². The first-order valence-electron chi connectivity index (χ1n) is 6.55. The second-order valence-corrected chi connectivity index (χ2v) is 4.66. The Hall–Kier alpha value is -1.59. The third kappa shape index (κ3) is 4.89. The highest BCUT2D eigenvalue weighted by atomic mass is 16.6. The lowest BCUT2D eigenvalue weighted by molar-refractivity contribution is -0.0546. The maximum atomic E-state index is 11.5. The predicted octanol–water partition coefficient (Wildman–Crippen LogP) is 1.29. The van der Waals surface area contributed by atoms with Crippen LogP contribution in [0.2, 0.25) is 0 Å². The molecule has 104 valence electrons. The van der Waals surface area contributed by atoms with E-state index in [1.54, 1.807) is 0 Å². The summed E-state index contributed by atoms with van der Waals surface area (Å²) in [7, 11) is 0. The van der Waals surface area contributed by atoms with Crippen molar-refractivity contribution in [2.45, 2.75) is 25.7 Å². The molecule has 5 nitrogen and oxygen atoms in total. The van der Waals surface area contributed by atoms with Crippen molar-refractivity contribution in [1.29, 1.82) is 0 Å². The normalized spacial score (nSPS) is 22.8. The van der Waals surface area contributed by atoms with E-state index in [4.69, 9.17) is 9.47 Å². The van der Waals surface area contributed by atoms with Crippen molar-refractivity contribution in [3.63, 3.8) is 0 Å². The van der Waals surface area contributed by atoms with Gasteiger partial charge in [0.2, 0.25) is 0 Å². The average Bonchev–Trinajstić information content (AvgIpc) is 2.44. The summed E-state index contributed by atoms with van der Waals surface area (Å²) in [5, 5.41) is 5.94. The lowest BCUT2D eigenvalue weighted by Gasteiger charge is -2.28. The molecule has 1 saturated heterocycles. The Labute approximate surface area is 113 Å². The van der Waals surface area contributed by atoms with Crippen LogP contribution in [0.3, 0.4) is 0 Å². The number of alkyl carbamates (subject to hydrolysis) is 1. The van der Waals surface area contributed by atoms with Gasteiger partial charge in [0.05, 0.1) is 6.10 Å². The van der Waals surface area contributed by atoms with E-state index in [0.29, 0.717) is 6.54 Å². The lowest BCUT2D eigenvalue weighted by atomic mass is 10.2. The Morgan fingerprint density at radius 2 is 2.21 bits per heavy atom. The number of ether oxygens (including phenoxy) is 2. The van der Waals surface area contributed by atoms with Gasteiger partial charge in [-0.25, -0.2) is 4.79 Å². The van der Waals surface area contributed by atoms with Gasteiger partial charge < -0.3 is 20.1 Å². The molecule has 1 aromatic rings. The minimum atomic E-state index is -0.411. The maximum Gasteiger partial charge on any atom is 0.407 e. The number of hydrogen-bond donors (Lipinski definition) is 2. The summed E-state index contributed by atoms with van der Waals surface area (Å²) in [6.45, 7) is 4.31. The minimum Gasteiger partial charge on any atom is -0.447 e. The quantitative estimate of drug-likeness (QED) is 0.860. The van der Waals surface area contributed by atoms with Gasteiger partial charge in [-0.05, 0) is 12.5 Å². The fraction of sp³-hybridized carbons (Fsp3) is 0.500. The third-order valence-electron chi connectivity index (χ3n) is 2.91. The molecule has 1 aliphatic rings. The first kappa shape index (κ1) is 13.8. The first-order chi connectivity index (χ1) is 9.24. The molecule has 1 aliphatic heterocycles. The molecule has 0 radical (unpaired) electrons. The van der Waals surface area contributed by atoms with Crippen molar-refractivity contribution in [3.8, 4) is 0 Å². The second-order valence-electron chi connectivity index (χ2n) is 4.66. The number of hydrogen-bond acceptors (Lipinski definition) is 4. The van der Waals surface area contributed by atoms with Crippen LogP contribution in [-0.2, 0) is 16.0 Å². The highest BCUT2D eigenvalue weighted by molar-refractivity contribution is 5.67. The fourth-order valence-corrected chi connectivity index (χ4v) is 1.96. The molecule has 19 heavy (non-hydrogen) atoms. The SMILES string of the molecule is CC1CNCC(COC(=O)NCc2ccccc2)O1. The summed E-state index contributed by atoms with van der Waals surface area (Å²) in [4.78, 5) is 11.5. The van der Waals surface area contributed by atoms with Crippen molar-refractivity contribution in [1.82, 2.24) is 10.6 Å². The Morgan fingerprint density at radius 1 is 1.42 bits per heavy atom. The highest BCUT2D eigenvalue weighted by Gasteiger charge is 2.19. The summed E-state index contributed by atoms with van der Waals surface area (Å²) >= 11 is 0. The number of benzene rings is 1. The molecule has 2 unspecified atom stereocenters. The third-order valence-corrected chi connectivity index (χ3v) is 2.91. The summed E-state index contributed by atoms with van der Waals surface area (Å²) in [5.41, 5.74) is 1.05. The van der Waals surface area contributed by atoms with Crippen LogP contribution < -0.4 is 10.6 Å². The van der Waals surface area contributed by atoms with Gasteiger partial charge in [0, 0.05) is 19.6 Å². The molecule has 0 saturated carbocycles. The van der Waals surface area contributed by atoms with Gasteiger partial charge in [-0.15, -0.1) is 0 Å². The Morgan fingerprint density at radius 3 is 2.95 bits per heavy atom. The second kappa shape index (κ2) is 7.11. The molecule has 0 aliphatic carbocycles. The monoisotopic (exact) mass is 264 g/mol. The zero-order valence-electron chi connectivity index (χ0n) is 11.1. The van der Waals surface area contributed by atoms with Gasteiger partial charge in [-0.1, -0.05) is 30.3 Å². The molecule has 0 aromatic heterocycles. The summed E-state index contributed by atoms with van der Waals surface area (Å²) in [5.74, 6) is 0. The van der Waals surface area contributed by atoms with Crippen molar-refractivity contribution in [3.05, 3.63) is 35.9 Å². The number of carbonyl (C=O) groups excluding carboxylic acids is 1. The molecule has 1 amide bonds. The van der Waals surface area contributed by atoms with Gasteiger partial charge in [0.25, 0.3) is 0 Å². The van der Waals surface area contributed by atoms with Crippen LogP contribution in [0.15, 0.2) is 30.3 Å². The van der Waals surface area contributed by atoms with Crippen LogP contribution in [0.5, 0.6) is 0 Å². The highest BCUT2D eigenvalue weighted by Crippen LogP contribution is 2.04. The number of carbonyl (C=O) groups is 1. The molecule has 1 aromatic carbocycles. The molecule has 5 heteroatoms. The molecule has 0 bridgehead atoms. The standard InChI is InChI=1S/C14H20N2O3/c1-11-7-15-9-13(19-11)10-18-14(17)16-8-12-5-3-2-4-6-12/h2-6,11,13,15H,7-10H2,1H3,(H,16,17). The molecular formula is C14H20N2O3. The van der Waals surface area contributed by atoms with Gasteiger partial charge in [-0.3, -0.25) is 0 Å². The van der Waals surface area contributed by atoms with Crippen molar-refractivity contribution in [2.75, 3.05) is 19.7 Å². The molecule has 0 spiro atoms. The summed E-state index contributed by atoms with van der Waals surface area (Å²) in [6.07, 6.45) is -0.313. The largest absolute Gasteiger partial charge is 0.447 e. The topological polar surface area (TPSA) is 59.6 Å². The zero-order valence-corrected chi connectivity index (χ0v) is 11.1. The van der Waals surface area contributed by atoms with Crippen molar-refractivity contribution < 1.29 is 14.3 Å². The van der Waals surface area contributed by atoms with Gasteiger partial charge in [0.1, 0.15) is 12.7 Å². The first-order valence-corrected chi connectivity index (χ1v) is 6.55. The molecule has 1 heterocycles. The number of morpholine rings is 1. The molecular weight excluding hydrogens is 244 g/mol. The number of amides is 1. The molecule has 2 rings (SSSR count).